The maximum atomic E-state index is 9.14. The average Bonchev–Trinajstić information content (AvgIpc) is 2.27. The van der Waals surface area contributed by atoms with Crippen molar-refractivity contribution in [3.63, 3.8) is 0 Å². The molecule has 3 nitrogen and oxygen atoms in total. The van der Waals surface area contributed by atoms with E-state index in [0.29, 0.717) is 18.6 Å². The Bertz CT molecular complexity index is 221. The Morgan fingerprint density at radius 2 is 2.11 bits per heavy atom. The van der Waals surface area contributed by atoms with E-state index in [9.17, 15) is 0 Å². The fraction of sp³-hybridized carbons (Fsp3) is 1.00. The Hall–Kier alpha value is -0.120. The largest absolute Gasteiger partial charge is 0.396 e. The number of piperidine rings is 1. The lowest BCUT2D eigenvalue weighted by molar-refractivity contribution is 0.165. The molecule has 3 heteroatoms. The van der Waals surface area contributed by atoms with E-state index in [-0.39, 0.29) is 0 Å². The monoisotopic (exact) mass is 256 g/mol. The quantitative estimate of drug-likeness (QED) is 0.731. The zero-order valence-electron chi connectivity index (χ0n) is 12.7. The third kappa shape index (κ3) is 5.68. The first-order valence-electron chi connectivity index (χ1n) is 7.55. The number of nitrogens with zero attached hydrogens (tertiary/aromatic N) is 1. The van der Waals surface area contributed by atoms with Crippen molar-refractivity contribution in [2.45, 2.75) is 46.1 Å². The highest BCUT2D eigenvalue weighted by Gasteiger charge is 2.24. The van der Waals surface area contributed by atoms with Gasteiger partial charge in [0.1, 0.15) is 0 Å². The molecule has 0 aromatic carbocycles. The fourth-order valence-electron chi connectivity index (χ4n) is 3.13. The highest BCUT2D eigenvalue weighted by Crippen LogP contribution is 2.18. The van der Waals surface area contributed by atoms with E-state index in [2.05, 4.69) is 38.0 Å². The summed E-state index contributed by atoms with van der Waals surface area (Å²) in [6, 6.07) is 0.662. The topological polar surface area (TPSA) is 35.5 Å². The fourth-order valence-corrected chi connectivity index (χ4v) is 3.13. The molecule has 0 saturated carbocycles. The summed E-state index contributed by atoms with van der Waals surface area (Å²) in [5.41, 5.74) is 0. The van der Waals surface area contributed by atoms with Crippen LogP contribution in [0.25, 0.3) is 0 Å². The Balaban J connectivity index is 2.32. The van der Waals surface area contributed by atoms with Gasteiger partial charge >= 0.3 is 0 Å². The van der Waals surface area contributed by atoms with Gasteiger partial charge < -0.3 is 15.3 Å². The Kier molecular flexibility index (Phi) is 7.20. The van der Waals surface area contributed by atoms with Crippen LogP contribution in [0.3, 0.4) is 0 Å². The van der Waals surface area contributed by atoms with Crippen molar-refractivity contribution in [1.29, 1.82) is 0 Å². The van der Waals surface area contributed by atoms with E-state index in [0.717, 1.165) is 24.8 Å². The number of aliphatic hydroxyl groups is 1. The summed E-state index contributed by atoms with van der Waals surface area (Å²) in [5, 5.41) is 12.9. The van der Waals surface area contributed by atoms with Crippen LogP contribution in [-0.4, -0.2) is 49.3 Å². The van der Waals surface area contributed by atoms with Crippen LogP contribution >= 0.6 is 0 Å². The summed E-state index contributed by atoms with van der Waals surface area (Å²) in [4.78, 5) is 2.42. The van der Waals surface area contributed by atoms with E-state index >= 15 is 0 Å². The molecule has 1 aliphatic heterocycles. The third-order valence-corrected chi connectivity index (χ3v) is 4.12. The minimum Gasteiger partial charge on any atom is -0.396 e. The molecule has 0 bridgehead atoms. The highest BCUT2D eigenvalue weighted by atomic mass is 16.3. The number of likely N-dealkylation sites (tertiary alicyclic amines) is 1. The SMILES string of the molecule is CC(C)CC(CCO)CNC1CCN(C)CC1C. The Morgan fingerprint density at radius 1 is 1.39 bits per heavy atom. The van der Waals surface area contributed by atoms with Gasteiger partial charge in [-0.2, -0.15) is 0 Å². The van der Waals surface area contributed by atoms with Crippen molar-refractivity contribution in [3.05, 3.63) is 0 Å². The molecule has 1 aliphatic rings. The van der Waals surface area contributed by atoms with Crippen LogP contribution in [0.4, 0.5) is 0 Å². The minimum atomic E-state index is 0.321. The van der Waals surface area contributed by atoms with E-state index in [1.807, 2.05) is 0 Å². The molecular weight excluding hydrogens is 224 g/mol. The molecule has 1 heterocycles. The predicted octanol–water partition coefficient (Wildman–Crippen LogP) is 1.96. The van der Waals surface area contributed by atoms with E-state index in [1.165, 1.54) is 25.9 Å². The van der Waals surface area contributed by atoms with Crippen molar-refractivity contribution >= 4 is 0 Å². The third-order valence-electron chi connectivity index (χ3n) is 4.12. The van der Waals surface area contributed by atoms with Gasteiger partial charge in [0.2, 0.25) is 0 Å². The summed E-state index contributed by atoms with van der Waals surface area (Å²) in [5.74, 6) is 2.08. The molecule has 3 unspecified atom stereocenters. The molecule has 0 amide bonds. The predicted molar refractivity (Wildman–Crippen MR) is 77.7 cm³/mol. The molecule has 2 N–H and O–H groups in total. The summed E-state index contributed by atoms with van der Waals surface area (Å²) < 4.78 is 0. The molecule has 0 aliphatic carbocycles. The molecule has 1 saturated heterocycles. The molecule has 18 heavy (non-hydrogen) atoms. The molecule has 0 radical (unpaired) electrons. The van der Waals surface area contributed by atoms with E-state index < -0.39 is 0 Å². The van der Waals surface area contributed by atoms with Gasteiger partial charge in [-0.3, -0.25) is 0 Å². The first-order valence-corrected chi connectivity index (χ1v) is 7.55. The van der Waals surface area contributed by atoms with Gasteiger partial charge in [0, 0.05) is 19.2 Å². The standard InChI is InChI=1S/C15H32N2O/c1-12(2)9-14(6-8-18)10-16-15-5-7-17(4)11-13(15)3/h12-16,18H,5-11H2,1-4H3. The molecule has 0 aromatic heterocycles. The normalized spacial score (nSPS) is 27.7. The van der Waals surface area contributed by atoms with Gasteiger partial charge in [-0.05, 0) is 57.2 Å². The Morgan fingerprint density at radius 3 is 2.67 bits per heavy atom. The number of rotatable bonds is 7. The van der Waals surface area contributed by atoms with E-state index in [4.69, 9.17) is 5.11 Å². The van der Waals surface area contributed by atoms with Gasteiger partial charge in [0.05, 0.1) is 0 Å². The Labute approximate surface area is 113 Å². The van der Waals surface area contributed by atoms with Crippen LogP contribution in [0, 0.1) is 17.8 Å². The summed E-state index contributed by atoms with van der Waals surface area (Å²) in [7, 11) is 2.21. The zero-order chi connectivity index (χ0) is 13.5. The van der Waals surface area contributed by atoms with Crippen LogP contribution in [0.15, 0.2) is 0 Å². The summed E-state index contributed by atoms with van der Waals surface area (Å²) >= 11 is 0. The van der Waals surface area contributed by atoms with Crippen molar-refractivity contribution in [2.24, 2.45) is 17.8 Å². The van der Waals surface area contributed by atoms with E-state index in [1.54, 1.807) is 0 Å². The van der Waals surface area contributed by atoms with Crippen molar-refractivity contribution in [3.8, 4) is 0 Å². The average molecular weight is 256 g/mol. The summed E-state index contributed by atoms with van der Waals surface area (Å²) in [6.45, 7) is 10.7. The smallest absolute Gasteiger partial charge is 0.0434 e. The lowest BCUT2D eigenvalue weighted by atomic mass is 9.91. The molecule has 1 fully saturated rings. The zero-order valence-corrected chi connectivity index (χ0v) is 12.7. The number of nitrogens with one attached hydrogen (secondary N) is 1. The van der Waals surface area contributed by atoms with Gasteiger partial charge in [0.15, 0.2) is 0 Å². The molecule has 3 atom stereocenters. The molecule has 0 spiro atoms. The molecule has 108 valence electrons. The first kappa shape index (κ1) is 15.9. The van der Waals surface area contributed by atoms with Gasteiger partial charge in [-0.1, -0.05) is 20.8 Å². The van der Waals surface area contributed by atoms with Gasteiger partial charge in [-0.15, -0.1) is 0 Å². The number of aliphatic hydroxyl groups excluding tert-OH is 1. The second-order valence-electron chi connectivity index (χ2n) is 6.55. The van der Waals surface area contributed by atoms with Gasteiger partial charge in [-0.25, -0.2) is 0 Å². The van der Waals surface area contributed by atoms with Crippen LogP contribution in [-0.2, 0) is 0 Å². The second kappa shape index (κ2) is 8.13. The van der Waals surface area contributed by atoms with Crippen LogP contribution < -0.4 is 5.32 Å². The highest BCUT2D eigenvalue weighted by molar-refractivity contribution is 4.82. The molecule has 0 aromatic rings. The second-order valence-corrected chi connectivity index (χ2v) is 6.55. The van der Waals surface area contributed by atoms with Crippen molar-refractivity contribution in [1.82, 2.24) is 10.2 Å². The van der Waals surface area contributed by atoms with Crippen LogP contribution in [0.1, 0.15) is 40.0 Å². The van der Waals surface area contributed by atoms with Crippen molar-refractivity contribution < 1.29 is 5.11 Å². The van der Waals surface area contributed by atoms with Crippen LogP contribution in [0.2, 0.25) is 0 Å². The lowest BCUT2D eigenvalue weighted by Gasteiger charge is -2.36. The van der Waals surface area contributed by atoms with Crippen LogP contribution in [0.5, 0.6) is 0 Å². The maximum absolute atomic E-state index is 9.14. The van der Waals surface area contributed by atoms with Crippen molar-refractivity contribution in [2.75, 3.05) is 33.3 Å². The molecule has 1 rings (SSSR count). The molecular formula is C15H32N2O. The number of hydrogen-bond acceptors (Lipinski definition) is 3. The van der Waals surface area contributed by atoms with Gasteiger partial charge in [0.25, 0.3) is 0 Å². The maximum Gasteiger partial charge on any atom is 0.0434 e. The number of hydrogen-bond donors (Lipinski definition) is 2. The summed E-state index contributed by atoms with van der Waals surface area (Å²) in [6.07, 6.45) is 3.41. The first-order chi connectivity index (χ1) is 8.52. The minimum absolute atomic E-state index is 0.321. The lowest BCUT2D eigenvalue weighted by Crippen LogP contribution is -2.48.